The minimum absolute atomic E-state index is 0.134. The van der Waals surface area contributed by atoms with Crippen LogP contribution in [-0.4, -0.2) is 45.2 Å². The highest BCUT2D eigenvalue weighted by Gasteiger charge is 2.44. The summed E-state index contributed by atoms with van der Waals surface area (Å²) in [4.78, 5) is 14.0. The summed E-state index contributed by atoms with van der Waals surface area (Å²) in [6.45, 7) is -0.407. The van der Waals surface area contributed by atoms with Gasteiger partial charge in [-0.2, -0.15) is 0 Å². The van der Waals surface area contributed by atoms with Crippen LogP contribution in [0.3, 0.4) is 0 Å². The molecule has 7 nitrogen and oxygen atoms in total. The minimum Gasteiger partial charge on any atom is -0.452 e. The van der Waals surface area contributed by atoms with Crippen molar-refractivity contribution in [3.8, 4) is 0 Å². The Morgan fingerprint density at radius 2 is 2.11 bits per heavy atom. The molecule has 4 atom stereocenters. The Morgan fingerprint density at radius 3 is 2.74 bits per heavy atom. The van der Waals surface area contributed by atoms with Crippen molar-refractivity contribution in [3.05, 3.63) is 34.4 Å². The van der Waals surface area contributed by atoms with E-state index in [9.17, 15) is 15.0 Å². The van der Waals surface area contributed by atoms with E-state index in [1.807, 2.05) is 0 Å². The van der Waals surface area contributed by atoms with Crippen LogP contribution in [0, 0.1) is 0 Å². The Kier molecular flexibility index (Phi) is 2.90. The van der Waals surface area contributed by atoms with Gasteiger partial charge in [-0.15, -0.1) is 0 Å². The van der Waals surface area contributed by atoms with Gasteiger partial charge in [-0.1, -0.05) is 0 Å². The van der Waals surface area contributed by atoms with E-state index in [0.29, 0.717) is 5.39 Å². The predicted octanol–water partition coefficient (Wildman–Crippen LogP) is -0.725. The maximum absolute atomic E-state index is 11.5. The zero-order valence-electron chi connectivity index (χ0n) is 9.81. The van der Waals surface area contributed by atoms with Crippen molar-refractivity contribution in [1.82, 2.24) is 4.98 Å². The summed E-state index contributed by atoms with van der Waals surface area (Å²) in [5, 5.41) is 29.2. The average molecular weight is 267 g/mol. The topological polar surface area (TPSA) is 116 Å². The Labute approximate surface area is 107 Å². The number of fused-ring (bicyclic) bond motifs is 1. The molecule has 0 bridgehead atoms. The summed E-state index contributed by atoms with van der Waals surface area (Å²) in [6, 6.07) is 3.23. The number of rotatable bonds is 2. The van der Waals surface area contributed by atoms with Gasteiger partial charge in [0, 0.05) is 11.6 Å². The van der Waals surface area contributed by atoms with E-state index < -0.39 is 31.0 Å². The molecule has 3 rings (SSSR count). The Hall–Kier alpha value is -1.67. The quantitative estimate of drug-likeness (QED) is 0.570. The molecule has 0 aliphatic carbocycles. The van der Waals surface area contributed by atoms with Crippen LogP contribution in [0.2, 0.25) is 0 Å². The summed E-state index contributed by atoms with van der Waals surface area (Å²) in [6.07, 6.45) is -2.69. The normalized spacial score (nSPS) is 31.1. The molecular formula is C12H13NO6. The molecule has 2 aromatic rings. The summed E-state index contributed by atoms with van der Waals surface area (Å²) in [5.74, 6) is 0.245. The molecule has 3 unspecified atom stereocenters. The number of aromatic nitrogens is 1. The second kappa shape index (κ2) is 4.46. The number of aromatic amines is 1. The van der Waals surface area contributed by atoms with Crippen molar-refractivity contribution in [2.75, 3.05) is 6.61 Å². The number of furan rings is 1. The molecule has 7 heteroatoms. The largest absolute Gasteiger partial charge is 0.452 e. The number of H-pyrrole nitrogens is 1. The van der Waals surface area contributed by atoms with E-state index in [1.54, 1.807) is 12.1 Å². The number of hydrogen-bond donors (Lipinski definition) is 4. The summed E-state index contributed by atoms with van der Waals surface area (Å²) < 4.78 is 10.7. The van der Waals surface area contributed by atoms with Crippen molar-refractivity contribution >= 4 is 11.0 Å². The lowest BCUT2D eigenvalue weighted by Crippen LogP contribution is -2.32. The molecule has 2 aromatic heterocycles. The first-order valence-electron chi connectivity index (χ1n) is 5.85. The van der Waals surface area contributed by atoms with Gasteiger partial charge in [-0.05, 0) is 12.1 Å². The monoisotopic (exact) mass is 267 g/mol. The van der Waals surface area contributed by atoms with Crippen molar-refractivity contribution in [2.24, 2.45) is 0 Å². The van der Waals surface area contributed by atoms with Gasteiger partial charge in [0.15, 0.2) is 5.58 Å². The Bertz CT molecular complexity index is 647. The van der Waals surface area contributed by atoms with Crippen LogP contribution in [0.4, 0.5) is 0 Å². The maximum atomic E-state index is 11.5. The molecule has 4 N–H and O–H groups in total. The van der Waals surface area contributed by atoms with Gasteiger partial charge in [0.05, 0.1) is 6.61 Å². The first-order valence-corrected chi connectivity index (χ1v) is 5.85. The molecule has 1 saturated heterocycles. The van der Waals surface area contributed by atoms with Crippen LogP contribution in [0.5, 0.6) is 0 Å². The second-order valence-corrected chi connectivity index (χ2v) is 4.50. The molecule has 1 fully saturated rings. The fourth-order valence-corrected chi connectivity index (χ4v) is 2.27. The lowest BCUT2D eigenvalue weighted by molar-refractivity contribution is -0.0285. The van der Waals surface area contributed by atoms with Crippen molar-refractivity contribution in [1.29, 1.82) is 0 Å². The SMILES string of the molecule is O=c1[nH]ccc2cc([C@@H]3OC(CO)C(O)C3O)oc12. The van der Waals surface area contributed by atoms with Gasteiger partial charge < -0.3 is 29.5 Å². The van der Waals surface area contributed by atoms with Crippen molar-refractivity contribution < 1.29 is 24.5 Å². The number of nitrogens with one attached hydrogen (secondary N) is 1. The highest BCUT2D eigenvalue weighted by Crippen LogP contribution is 2.35. The van der Waals surface area contributed by atoms with Gasteiger partial charge in [0.25, 0.3) is 5.56 Å². The van der Waals surface area contributed by atoms with E-state index in [-0.39, 0.29) is 16.9 Å². The number of pyridine rings is 1. The predicted molar refractivity (Wildman–Crippen MR) is 63.5 cm³/mol. The first-order chi connectivity index (χ1) is 9.11. The molecule has 102 valence electrons. The molecule has 0 aromatic carbocycles. The molecule has 1 aliphatic heterocycles. The average Bonchev–Trinajstić information content (AvgIpc) is 2.94. The lowest BCUT2D eigenvalue weighted by atomic mass is 10.1. The molecule has 0 saturated carbocycles. The number of aliphatic hydroxyl groups excluding tert-OH is 3. The number of aliphatic hydroxyl groups is 3. The third-order valence-electron chi connectivity index (χ3n) is 3.29. The van der Waals surface area contributed by atoms with E-state index in [4.69, 9.17) is 14.3 Å². The fraction of sp³-hybridized carbons (Fsp3) is 0.417. The fourth-order valence-electron chi connectivity index (χ4n) is 2.27. The Morgan fingerprint density at radius 1 is 1.32 bits per heavy atom. The van der Waals surface area contributed by atoms with E-state index in [1.165, 1.54) is 6.20 Å². The first kappa shape index (κ1) is 12.4. The van der Waals surface area contributed by atoms with Crippen molar-refractivity contribution in [3.63, 3.8) is 0 Å². The van der Waals surface area contributed by atoms with Crippen LogP contribution in [0.15, 0.2) is 27.5 Å². The molecule has 0 spiro atoms. The summed E-state index contributed by atoms with van der Waals surface area (Å²) >= 11 is 0. The third-order valence-corrected chi connectivity index (χ3v) is 3.29. The van der Waals surface area contributed by atoms with Gasteiger partial charge >= 0.3 is 0 Å². The highest BCUT2D eigenvalue weighted by atomic mass is 16.6. The van der Waals surface area contributed by atoms with Gasteiger partial charge in [0.1, 0.15) is 30.2 Å². The standard InChI is InChI=1S/C12H13NO6/c14-4-7-8(15)9(16)11(19-7)6-3-5-1-2-13-12(17)10(5)18-6/h1-3,7-9,11,14-16H,4H2,(H,13,17)/t7?,8?,9?,11-/m0/s1. The molecular weight excluding hydrogens is 254 g/mol. The van der Waals surface area contributed by atoms with Crippen LogP contribution >= 0.6 is 0 Å². The number of ether oxygens (including phenoxy) is 1. The maximum Gasteiger partial charge on any atom is 0.291 e. The third kappa shape index (κ3) is 1.87. The van der Waals surface area contributed by atoms with Gasteiger partial charge in [-0.3, -0.25) is 4.79 Å². The van der Waals surface area contributed by atoms with Gasteiger partial charge in [0.2, 0.25) is 0 Å². The van der Waals surface area contributed by atoms with E-state index in [0.717, 1.165) is 0 Å². The van der Waals surface area contributed by atoms with Crippen LogP contribution in [0.1, 0.15) is 11.9 Å². The van der Waals surface area contributed by atoms with Crippen LogP contribution in [-0.2, 0) is 4.74 Å². The summed E-state index contributed by atoms with van der Waals surface area (Å²) in [7, 11) is 0. The Balaban J connectivity index is 2.01. The van der Waals surface area contributed by atoms with Crippen molar-refractivity contribution in [2.45, 2.75) is 24.4 Å². The van der Waals surface area contributed by atoms with E-state index in [2.05, 4.69) is 4.98 Å². The van der Waals surface area contributed by atoms with Gasteiger partial charge in [-0.25, -0.2) is 0 Å². The lowest BCUT2D eigenvalue weighted by Gasteiger charge is -2.11. The molecule has 1 aliphatic rings. The molecule has 19 heavy (non-hydrogen) atoms. The summed E-state index contributed by atoms with van der Waals surface area (Å²) in [5.41, 5.74) is -0.245. The number of hydrogen-bond acceptors (Lipinski definition) is 6. The highest BCUT2D eigenvalue weighted by molar-refractivity contribution is 5.76. The second-order valence-electron chi connectivity index (χ2n) is 4.50. The zero-order valence-corrected chi connectivity index (χ0v) is 9.81. The van der Waals surface area contributed by atoms with Crippen LogP contribution < -0.4 is 5.56 Å². The van der Waals surface area contributed by atoms with E-state index >= 15 is 0 Å². The molecule has 0 radical (unpaired) electrons. The molecule has 0 amide bonds. The zero-order chi connectivity index (χ0) is 13.6. The smallest absolute Gasteiger partial charge is 0.291 e. The minimum atomic E-state index is -1.21. The van der Waals surface area contributed by atoms with Crippen LogP contribution in [0.25, 0.3) is 11.0 Å². The molecule has 3 heterocycles.